The zero-order chi connectivity index (χ0) is 20.3. The van der Waals surface area contributed by atoms with E-state index in [1.54, 1.807) is 24.3 Å². The Morgan fingerprint density at radius 3 is 2.50 bits per heavy atom. The van der Waals surface area contributed by atoms with Crippen LogP contribution in [0.25, 0.3) is 0 Å². The first kappa shape index (κ1) is 19.6. The summed E-state index contributed by atoms with van der Waals surface area (Å²) in [5.41, 5.74) is 2.42. The molecule has 1 amide bonds. The summed E-state index contributed by atoms with van der Waals surface area (Å²) < 4.78 is 2.26. The fraction of sp³-hybridized carbons (Fsp3) is 0.190. The standard InChI is InChI=1S/C21H20ClN3O3/c1-14-7-8-17(11-15(14)2)23-19(26)13-25-20(27)9-10-24(21(25)28)12-16-5-3-4-6-18(16)22/h3-11H,12-13H2,1-2H3,(H,23,26). The second-order valence-electron chi connectivity index (χ2n) is 6.59. The van der Waals surface area contributed by atoms with Gasteiger partial charge in [0.05, 0.1) is 6.54 Å². The lowest BCUT2D eigenvalue weighted by Crippen LogP contribution is -2.41. The van der Waals surface area contributed by atoms with Crippen LogP contribution in [0, 0.1) is 13.8 Å². The third-order valence-corrected chi connectivity index (χ3v) is 4.90. The van der Waals surface area contributed by atoms with Crippen LogP contribution in [0.3, 0.4) is 0 Å². The summed E-state index contributed by atoms with van der Waals surface area (Å²) in [6.45, 7) is 3.76. The summed E-state index contributed by atoms with van der Waals surface area (Å²) in [5.74, 6) is -0.446. The third-order valence-electron chi connectivity index (χ3n) is 4.53. The Bertz CT molecular complexity index is 1150. The molecular weight excluding hydrogens is 378 g/mol. The zero-order valence-corrected chi connectivity index (χ0v) is 16.4. The molecule has 0 saturated heterocycles. The maximum Gasteiger partial charge on any atom is 0.331 e. The molecule has 0 bridgehead atoms. The van der Waals surface area contributed by atoms with Gasteiger partial charge in [-0.3, -0.25) is 18.7 Å². The van der Waals surface area contributed by atoms with Crippen LogP contribution in [0.4, 0.5) is 5.69 Å². The second kappa shape index (κ2) is 8.27. The van der Waals surface area contributed by atoms with Gasteiger partial charge in [0, 0.05) is 23.0 Å². The summed E-state index contributed by atoms with van der Waals surface area (Å²) in [6, 6.07) is 13.9. The number of carbonyl (C=O) groups excluding carboxylic acids is 1. The minimum Gasteiger partial charge on any atom is -0.325 e. The van der Waals surface area contributed by atoms with Gasteiger partial charge in [-0.05, 0) is 48.7 Å². The first-order chi connectivity index (χ1) is 13.3. The van der Waals surface area contributed by atoms with Crippen molar-refractivity contribution in [1.82, 2.24) is 9.13 Å². The van der Waals surface area contributed by atoms with Crippen LogP contribution in [-0.2, 0) is 17.9 Å². The Kier molecular flexibility index (Phi) is 5.80. The number of rotatable bonds is 5. The largest absolute Gasteiger partial charge is 0.331 e. The summed E-state index contributed by atoms with van der Waals surface area (Å²) in [7, 11) is 0. The van der Waals surface area contributed by atoms with Crippen molar-refractivity contribution in [3.63, 3.8) is 0 Å². The summed E-state index contributed by atoms with van der Waals surface area (Å²) in [4.78, 5) is 37.2. The number of halogens is 1. The van der Waals surface area contributed by atoms with Gasteiger partial charge in [0.25, 0.3) is 5.56 Å². The van der Waals surface area contributed by atoms with E-state index in [4.69, 9.17) is 11.6 Å². The molecule has 144 valence electrons. The lowest BCUT2D eigenvalue weighted by molar-refractivity contribution is -0.116. The molecule has 1 N–H and O–H groups in total. The molecular formula is C21H20ClN3O3. The Labute approximate surface area is 167 Å². The van der Waals surface area contributed by atoms with E-state index in [1.165, 1.54) is 16.8 Å². The number of aromatic nitrogens is 2. The first-order valence-corrected chi connectivity index (χ1v) is 9.14. The van der Waals surface area contributed by atoms with Gasteiger partial charge in [-0.2, -0.15) is 0 Å². The van der Waals surface area contributed by atoms with Crippen molar-refractivity contribution in [3.8, 4) is 0 Å². The molecule has 0 radical (unpaired) electrons. The third kappa shape index (κ3) is 4.40. The SMILES string of the molecule is Cc1ccc(NC(=O)Cn2c(=O)ccn(Cc3ccccc3Cl)c2=O)cc1C. The number of nitrogens with one attached hydrogen (secondary N) is 1. The Morgan fingerprint density at radius 1 is 1.04 bits per heavy atom. The summed E-state index contributed by atoms with van der Waals surface area (Å²) >= 11 is 6.15. The molecule has 2 aromatic carbocycles. The average Bonchev–Trinajstić information content (AvgIpc) is 2.66. The maximum absolute atomic E-state index is 12.7. The minimum atomic E-state index is -0.567. The molecule has 3 aromatic rings. The quantitative estimate of drug-likeness (QED) is 0.719. The van der Waals surface area contributed by atoms with Gasteiger partial charge in [-0.15, -0.1) is 0 Å². The average molecular weight is 398 g/mol. The molecule has 7 heteroatoms. The van der Waals surface area contributed by atoms with Crippen molar-refractivity contribution >= 4 is 23.2 Å². The molecule has 0 unspecified atom stereocenters. The molecule has 0 atom stereocenters. The first-order valence-electron chi connectivity index (χ1n) is 8.76. The summed E-state index contributed by atoms with van der Waals surface area (Å²) in [5, 5.41) is 3.25. The molecule has 0 aliphatic carbocycles. The van der Waals surface area contributed by atoms with Crippen molar-refractivity contribution in [2.45, 2.75) is 26.9 Å². The van der Waals surface area contributed by atoms with E-state index in [2.05, 4.69) is 5.32 Å². The number of hydrogen-bond donors (Lipinski definition) is 1. The van der Waals surface area contributed by atoms with E-state index in [0.717, 1.165) is 21.3 Å². The van der Waals surface area contributed by atoms with Crippen LogP contribution < -0.4 is 16.6 Å². The number of anilines is 1. The minimum absolute atomic E-state index is 0.206. The Hall–Kier alpha value is -3.12. The van der Waals surface area contributed by atoms with E-state index in [1.807, 2.05) is 32.0 Å². The maximum atomic E-state index is 12.7. The molecule has 0 aliphatic rings. The van der Waals surface area contributed by atoms with E-state index in [0.29, 0.717) is 10.7 Å². The number of aryl methyl sites for hydroxylation is 2. The van der Waals surface area contributed by atoms with Gasteiger partial charge in [-0.25, -0.2) is 4.79 Å². The van der Waals surface area contributed by atoms with E-state index < -0.39 is 17.2 Å². The van der Waals surface area contributed by atoms with Gasteiger partial charge in [0.15, 0.2) is 0 Å². The Balaban J connectivity index is 1.82. The lowest BCUT2D eigenvalue weighted by Gasteiger charge is -2.12. The lowest BCUT2D eigenvalue weighted by atomic mass is 10.1. The number of benzene rings is 2. The van der Waals surface area contributed by atoms with E-state index in [-0.39, 0.29) is 13.1 Å². The van der Waals surface area contributed by atoms with Gasteiger partial charge < -0.3 is 5.32 Å². The van der Waals surface area contributed by atoms with Crippen molar-refractivity contribution in [2.24, 2.45) is 0 Å². The highest BCUT2D eigenvalue weighted by Crippen LogP contribution is 2.15. The smallest absolute Gasteiger partial charge is 0.325 e. The van der Waals surface area contributed by atoms with Gasteiger partial charge in [-0.1, -0.05) is 35.9 Å². The van der Waals surface area contributed by atoms with Gasteiger partial charge in [0.2, 0.25) is 5.91 Å². The van der Waals surface area contributed by atoms with Crippen molar-refractivity contribution in [1.29, 1.82) is 0 Å². The van der Waals surface area contributed by atoms with Gasteiger partial charge in [0.1, 0.15) is 6.54 Å². The Morgan fingerprint density at radius 2 is 1.79 bits per heavy atom. The molecule has 1 aromatic heterocycles. The topological polar surface area (TPSA) is 73.1 Å². The van der Waals surface area contributed by atoms with E-state index >= 15 is 0 Å². The summed E-state index contributed by atoms with van der Waals surface area (Å²) in [6.07, 6.45) is 1.41. The predicted molar refractivity (Wildman–Crippen MR) is 110 cm³/mol. The molecule has 0 fully saturated rings. The van der Waals surface area contributed by atoms with E-state index in [9.17, 15) is 14.4 Å². The highest BCUT2D eigenvalue weighted by atomic mass is 35.5. The number of hydrogen-bond acceptors (Lipinski definition) is 3. The van der Waals surface area contributed by atoms with Crippen molar-refractivity contribution in [3.05, 3.63) is 97.3 Å². The fourth-order valence-corrected chi connectivity index (χ4v) is 2.99. The monoisotopic (exact) mass is 397 g/mol. The molecule has 3 rings (SSSR count). The molecule has 1 heterocycles. The van der Waals surface area contributed by atoms with Crippen LogP contribution in [-0.4, -0.2) is 15.0 Å². The highest BCUT2D eigenvalue weighted by molar-refractivity contribution is 6.31. The fourth-order valence-electron chi connectivity index (χ4n) is 2.80. The molecule has 0 aliphatic heterocycles. The number of nitrogens with zero attached hydrogens (tertiary/aromatic N) is 2. The normalized spacial score (nSPS) is 10.7. The molecule has 0 spiro atoms. The second-order valence-corrected chi connectivity index (χ2v) is 7.00. The number of carbonyl (C=O) groups is 1. The van der Waals surface area contributed by atoms with Gasteiger partial charge >= 0.3 is 5.69 Å². The molecule has 28 heavy (non-hydrogen) atoms. The van der Waals surface area contributed by atoms with Crippen LogP contribution in [0.1, 0.15) is 16.7 Å². The van der Waals surface area contributed by atoms with Crippen molar-refractivity contribution < 1.29 is 4.79 Å². The zero-order valence-electron chi connectivity index (χ0n) is 15.6. The van der Waals surface area contributed by atoms with Crippen molar-refractivity contribution in [2.75, 3.05) is 5.32 Å². The molecule has 6 nitrogen and oxygen atoms in total. The predicted octanol–water partition coefficient (Wildman–Crippen LogP) is 2.97. The molecule has 0 saturated carbocycles. The van der Waals surface area contributed by atoms with Crippen LogP contribution in [0.2, 0.25) is 5.02 Å². The number of amides is 1. The van der Waals surface area contributed by atoms with Crippen LogP contribution in [0.15, 0.2) is 64.3 Å². The highest BCUT2D eigenvalue weighted by Gasteiger charge is 2.12. The van der Waals surface area contributed by atoms with Crippen LogP contribution >= 0.6 is 11.6 Å². The van der Waals surface area contributed by atoms with Crippen LogP contribution in [0.5, 0.6) is 0 Å².